The van der Waals surface area contributed by atoms with E-state index in [1.165, 1.54) is 0 Å². The van der Waals surface area contributed by atoms with Crippen LogP contribution in [0.2, 0.25) is 0 Å². The molecule has 55 heavy (non-hydrogen) atoms. The molecule has 2 aliphatic rings. The average molecular weight is 1210 g/mol. The molecule has 8 bridgehead atoms. The molecule has 11 heteroatoms. The van der Waals surface area contributed by atoms with E-state index < -0.39 is 0 Å². The highest BCUT2D eigenvalue weighted by atomic mass is 127. The van der Waals surface area contributed by atoms with Gasteiger partial charge >= 0.3 is 0 Å². The lowest BCUT2D eigenvalue weighted by atomic mass is 9.99. The number of rotatable bonds is 4. The van der Waals surface area contributed by atoms with Gasteiger partial charge in [-0.15, -0.1) is 0 Å². The van der Waals surface area contributed by atoms with Crippen molar-refractivity contribution in [2.24, 2.45) is 0 Å². The van der Waals surface area contributed by atoms with Crippen LogP contribution < -0.4 is 0 Å². The van der Waals surface area contributed by atoms with Gasteiger partial charge in [-0.2, -0.15) is 0 Å². The fourth-order valence-electron chi connectivity index (χ4n) is 7.02. The van der Waals surface area contributed by atoms with Crippen LogP contribution in [0.1, 0.15) is 22.8 Å². The molecule has 0 aliphatic carbocycles. The van der Waals surface area contributed by atoms with Crippen LogP contribution in [0.25, 0.3) is 90.9 Å². The fraction of sp³-hybridized carbons (Fsp3) is 0. The van der Waals surface area contributed by atoms with E-state index in [9.17, 15) is 0 Å². The van der Waals surface area contributed by atoms with E-state index in [0.29, 0.717) is 0 Å². The Balaban J connectivity index is 1.38. The fourth-order valence-corrected chi connectivity index (χ4v) is 11.6. The molecule has 268 valence electrons. The van der Waals surface area contributed by atoms with Crippen molar-refractivity contribution < 1.29 is 0 Å². The van der Waals surface area contributed by atoms with E-state index >= 15 is 0 Å². The molecule has 2 aliphatic heterocycles. The van der Waals surface area contributed by atoms with Gasteiger partial charge in [0.25, 0.3) is 0 Å². The van der Waals surface area contributed by atoms with E-state index in [0.717, 1.165) is 120 Å². The van der Waals surface area contributed by atoms with Gasteiger partial charge in [-0.3, -0.25) is 0 Å². The number of nitrogens with one attached hydrogen (secondary N) is 2. The number of hydrogen-bond donors (Lipinski definition) is 2. The third kappa shape index (κ3) is 7.74. The second-order valence-corrected chi connectivity index (χ2v) is 19.6. The molecule has 4 aromatic carbocycles. The van der Waals surface area contributed by atoms with Crippen LogP contribution in [0.3, 0.4) is 0 Å². The van der Waals surface area contributed by atoms with Crippen LogP contribution in [0.4, 0.5) is 0 Å². The molecule has 0 atom stereocenters. The molecule has 3 aromatic heterocycles. The lowest BCUT2D eigenvalue weighted by Gasteiger charge is -2.08. The largest absolute Gasteiger partial charge is 0.354 e. The summed E-state index contributed by atoms with van der Waals surface area (Å²) in [6.45, 7) is 0. The Morgan fingerprint density at radius 1 is 0.436 bits per heavy atom. The SMILES string of the molecule is Brc1cc(Br)cc(-c2cccc(-c3cc4cc5nc(c(-c6cc(Br)cc(Br)c6)c6ccc([nH]6)c(-c6cc(Br)cc(Br)c6)c6nc(c(I)c3[nH]4)C=C6)C=C5)c2)c1. The summed E-state index contributed by atoms with van der Waals surface area (Å²) in [5.41, 5.74) is 15.7. The maximum atomic E-state index is 5.33. The van der Waals surface area contributed by atoms with E-state index in [4.69, 9.17) is 9.97 Å². The summed E-state index contributed by atoms with van der Waals surface area (Å²) in [4.78, 5) is 18.1. The first-order chi connectivity index (χ1) is 26.5. The van der Waals surface area contributed by atoms with Crippen LogP contribution in [0, 0.1) is 3.57 Å². The molecular formula is C44H23Br6IN4. The molecule has 0 saturated heterocycles. The molecule has 0 fully saturated rings. The average Bonchev–Trinajstić information content (AvgIpc) is 3.96. The Kier molecular flexibility index (Phi) is 10.6. The summed E-state index contributed by atoms with van der Waals surface area (Å²) in [5, 5.41) is 0. The molecule has 4 nitrogen and oxygen atoms in total. The first kappa shape index (κ1) is 37.7. The van der Waals surface area contributed by atoms with Crippen molar-refractivity contribution in [1.82, 2.24) is 19.9 Å². The van der Waals surface area contributed by atoms with Gasteiger partial charge in [0, 0.05) is 60.1 Å². The highest BCUT2D eigenvalue weighted by Gasteiger charge is 2.18. The van der Waals surface area contributed by atoms with Crippen molar-refractivity contribution in [3.63, 3.8) is 0 Å². The molecule has 0 spiro atoms. The quantitative estimate of drug-likeness (QED) is 0.173. The lowest BCUT2D eigenvalue weighted by molar-refractivity contribution is 1.30. The standard InChI is InChI=1S/C44H23Br6IN4/c45-27-11-24(12-28(46)17-27)22-2-1-3-23(10-22)35-21-34-20-33-4-5-36(52-33)41(25-13-29(47)18-30(48)14-25)37-6-7-38(54-37)42(26-15-31(49)19-32(50)16-26)39-8-9-40(55-39)43(51)44(35)53-34/h1-21,53-54H. The lowest BCUT2D eigenvalue weighted by Crippen LogP contribution is -1.89. The number of hydrogen-bond acceptors (Lipinski definition) is 2. The van der Waals surface area contributed by atoms with Gasteiger partial charge in [-0.25, -0.2) is 9.97 Å². The Morgan fingerprint density at radius 3 is 1.55 bits per heavy atom. The molecule has 0 unspecified atom stereocenters. The normalized spacial score (nSPS) is 12.1. The number of aromatic amines is 2. The predicted molar refractivity (Wildman–Crippen MR) is 260 cm³/mol. The topological polar surface area (TPSA) is 57.4 Å². The van der Waals surface area contributed by atoms with Crippen molar-refractivity contribution in [1.29, 1.82) is 0 Å². The van der Waals surface area contributed by atoms with Crippen molar-refractivity contribution in [3.05, 3.63) is 156 Å². The Hall–Kier alpha value is -2.91. The molecule has 0 radical (unpaired) electrons. The van der Waals surface area contributed by atoms with Crippen LogP contribution in [-0.4, -0.2) is 19.9 Å². The minimum absolute atomic E-state index is 0.850. The summed E-state index contributed by atoms with van der Waals surface area (Å²) < 4.78 is 6.91. The first-order valence-electron chi connectivity index (χ1n) is 16.9. The number of benzene rings is 4. The molecule has 0 amide bonds. The summed E-state index contributed by atoms with van der Waals surface area (Å²) in [6.07, 6.45) is 8.39. The number of nitrogens with zero attached hydrogens (tertiary/aromatic N) is 2. The highest BCUT2D eigenvalue weighted by Crippen LogP contribution is 2.39. The number of H-pyrrole nitrogens is 2. The molecule has 9 rings (SSSR count). The van der Waals surface area contributed by atoms with E-state index in [-0.39, 0.29) is 0 Å². The van der Waals surface area contributed by atoms with E-state index in [1.54, 1.807) is 0 Å². The zero-order valence-electron chi connectivity index (χ0n) is 28.2. The second kappa shape index (κ2) is 15.4. The summed E-state index contributed by atoms with van der Waals surface area (Å²) in [5.74, 6) is 0. The maximum Gasteiger partial charge on any atom is 0.0792 e. The van der Waals surface area contributed by atoms with Crippen LogP contribution in [0.15, 0.2) is 130 Å². The molecule has 7 aromatic rings. The van der Waals surface area contributed by atoms with Crippen molar-refractivity contribution >= 4 is 165 Å². The molecule has 2 N–H and O–H groups in total. The van der Waals surface area contributed by atoms with Gasteiger partial charge in [0.1, 0.15) is 0 Å². The minimum Gasteiger partial charge on any atom is -0.354 e. The highest BCUT2D eigenvalue weighted by molar-refractivity contribution is 14.1. The third-order valence-corrected chi connectivity index (χ3v) is 13.1. The van der Waals surface area contributed by atoms with E-state index in [2.05, 4.69) is 237 Å². The van der Waals surface area contributed by atoms with Crippen molar-refractivity contribution in [3.8, 4) is 44.5 Å². The zero-order valence-corrected chi connectivity index (χ0v) is 39.8. The van der Waals surface area contributed by atoms with Crippen molar-refractivity contribution in [2.75, 3.05) is 0 Å². The molecule has 5 heterocycles. The third-order valence-electron chi connectivity index (χ3n) is 9.30. The van der Waals surface area contributed by atoms with Gasteiger partial charge < -0.3 is 9.97 Å². The monoisotopic (exact) mass is 1210 g/mol. The van der Waals surface area contributed by atoms with Crippen molar-refractivity contribution in [2.45, 2.75) is 0 Å². The number of aromatic nitrogens is 4. The molecular weight excluding hydrogens is 1190 g/mol. The number of halogens is 7. The second-order valence-electron chi connectivity index (χ2n) is 13.0. The summed E-state index contributed by atoms with van der Waals surface area (Å²) >= 11 is 24.7. The van der Waals surface area contributed by atoms with Crippen LogP contribution in [0.5, 0.6) is 0 Å². The summed E-state index contributed by atoms with van der Waals surface area (Å²) in [6, 6.07) is 36.2. The zero-order chi connectivity index (χ0) is 38.0. The Labute approximate surface area is 381 Å². The number of fused-ring (bicyclic) bond motifs is 8. The first-order valence-corrected chi connectivity index (χ1v) is 22.7. The van der Waals surface area contributed by atoms with Gasteiger partial charge in [0.05, 0.1) is 31.9 Å². The van der Waals surface area contributed by atoms with Gasteiger partial charge in [-0.1, -0.05) is 114 Å². The Bertz CT molecular complexity index is 2920. The van der Waals surface area contributed by atoms with Gasteiger partial charge in [-0.05, 0) is 160 Å². The maximum absolute atomic E-state index is 5.33. The van der Waals surface area contributed by atoms with E-state index in [1.807, 2.05) is 18.2 Å². The summed E-state index contributed by atoms with van der Waals surface area (Å²) in [7, 11) is 0. The van der Waals surface area contributed by atoms with Gasteiger partial charge in [0.2, 0.25) is 0 Å². The smallest absolute Gasteiger partial charge is 0.0792 e. The van der Waals surface area contributed by atoms with Crippen LogP contribution >= 0.6 is 118 Å². The van der Waals surface area contributed by atoms with Gasteiger partial charge in [0.15, 0.2) is 0 Å². The molecule has 0 saturated carbocycles. The Morgan fingerprint density at radius 2 is 0.945 bits per heavy atom. The predicted octanol–water partition coefficient (Wildman–Crippen LogP) is 16.5. The minimum atomic E-state index is 0.850. The van der Waals surface area contributed by atoms with Crippen LogP contribution in [-0.2, 0) is 0 Å².